The number of esters is 1. The number of carbonyl (C=O) groups is 1. The van der Waals surface area contributed by atoms with Gasteiger partial charge < -0.3 is 44.2 Å². The van der Waals surface area contributed by atoms with Gasteiger partial charge in [-0.2, -0.15) is 0 Å². The molecule has 1 saturated heterocycles. The maximum absolute atomic E-state index is 12.6. The van der Waals surface area contributed by atoms with Gasteiger partial charge in [0, 0.05) is 30.7 Å². The molecule has 0 saturated carbocycles. The largest absolute Gasteiger partial charge is 0.508 e. The quantitative estimate of drug-likeness (QED) is 0.308. The molecule has 1 aliphatic rings. The van der Waals surface area contributed by atoms with E-state index in [2.05, 4.69) is 0 Å². The number of phenols is 2. The summed E-state index contributed by atoms with van der Waals surface area (Å²) in [6, 6.07) is 9.78. The second-order valence-corrected chi connectivity index (χ2v) is 8.10. The van der Waals surface area contributed by atoms with Crippen LogP contribution in [0, 0.1) is 0 Å². The highest BCUT2D eigenvalue weighted by Gasteiger charge is 2.46. The minimum Gasteiger partial charge on any atom is -0.508 e. The van der Waals surface area contributed by atoms with Crippen molar-refractivity contribution in [2.45, 2.75) is 37.4 Å². The zero-order valence-corrected chi connectivity index (χ0v) is 18.5. The number of aromatic hydroxyl groups is 2. The molecule has 11 nitrogen and oxygen atoms in total. The Kier molecular flexibility index (Phi) is 6.94. The molecular formula is C24H24O11. The summed E-state index contributed by atoms with van der Waals surface area (Å²) in [4.78, 5) is 24.0. The van der Waals surface area contributed by atoms with E-state index in [0.717, 1.165) is 6.92 Å². The predicted octanol–water partition coefficient (Wildman–Crippen LogP) is 0.663. The first-order valence-corrected chi connectivity index (χ1v) is 10.7. The number of fused-ring (bicyclic) bond motifs is 1. The lowest BCUT2D eigenvalue weighted by Gasteiger charge is -2.41. The fourth-order valence-electron chi connectivity index (χ4n) is 3.90. The molecule has 2 heterocycles. The summed E-state index contributed by atoms with van der Waals surface area (Å²) in [5.41, 5.74) is 0.0620. The Morgan fingerprint density at radius 1 is 1.03 bits per heavy atom. The van der Waals surface area contributed by atoms with Crippen molar-refractivity contribution >= 4 is 16.9 Å². The van der Waals surface area contributed by atoms with Gasteiger partial charge in [0.15, 0.2) is 11.5 Å². The van der Waals surface area contributed by atoms with Gasteiger partial charge in [0.05, 0.1) is 6.61 Å². The molecule has 186 valence electrons. The fraction of sp³-hybridized carbons (Fsp3) is 0.333. The van der Waals surface area contributed by atoms with Crippen molar-refractivity contribution in [1.29, 1.82) is 0 Å². The molecule has 0 aliphatic carbocycles. The van der Waals surface area contributed by atoms with Crippen LogP contribution in [0.4, 0.5) is 0 Å². The standard InChI is InChI=1S/C24H24O11/c1-11(26)33-24-22(30)19(9-25)35-20(23(24)31)10-32-14-6-15(28)21-16(29)8-17(34-18(21)7-14)12-2-4-13(27)5-3-12/h2-8,19-20,22-25,27-28,30-31H,9-10H2,1H3/t19-,20+,22-,23+,24+/m1/s1. The maximum atomic E-state index is 12.6. The minimum absolute atomic E-state index is 0.0298. The Balaban J connectivity index is 1.59. The molecule has 0 radical (unpaired) electrons. The van der Waals surface area contributed by atoms with Crippen LogP contribution in [0.5, 0.6) is 17.2 Å². The van der Waals surface area contributed by atoms with Crippen LogP contribution in [0.1, 0.15) is 6.92 Å². The van der Waals surface area contributed by atoms with E-state index in [9.17, 15) is 35.1 Å². The van der Waals surface area contributed by atoms with E-state index in [-0.39, 0.29) is 34.8 Å². The van der Waals surface area contributed by atoms with E-state index in [1.807, 2.05) is 0 Å². The molecule has 0 unspecified atom stereocenters. The van der Waals surface area contributed by atoms with Crippen LogP contribution in [0.25, 0.3) is 22.3 Å². The molecule has 0 spiro atoms. The van der Waals surface area contributed by atoms with E-state index >= 15 is 0 Å². The number of hydrogen-bond acceptors (Lipinski definition) is 11. The summed E-state index contributed by atoms with van der Waals surface area (Å²) >= 11 is 0. The van der Waals surface area contributed by atoms with Crippen LogP contribution in [-0.4, -0.2) is 75.2 Å². The maximum Gasteiger partial charge on any atom is 0.303 e. The van der Waals surface area contributed by atoms with E-state index in [0.29, 0.717) is 5.56 Å². The molecule has 2 aromatic carbocycles. The monoisotopic (exact) mass is 488 g/mol. The summed E-state index contributed by atoms with van der Waals surface area (Å²) in [5.74, 6) is -0.800. The Bertz CT molecular complexity index is 1270. The van der Waals surface area contributed by atoms with Crippen molar-refractivity contribution < 1.29 is 49.0 Å². The van der Waals surface area contributed by atoms with E-state index in [4.69, 9.17) is 18.6 Å². The van der Waals surface area contributed by atoms with Gasteiger partial charge >= 0.3 is 5.97 Å². The van der Waals surface area contributed by atoms with E-state index < -0.39 is 54.3 Å². The summed E-state index contributed by atoms with van der Waals surface area (Å²) in [5, 5.41) is 50.0. The van der Waals surface area contributed by atoms with Crippen LogP contribution in [0.3, 0.4) is 0 Å². The molecule has 35 heavy (non-hydrogen) atoms. The Hall–Kier alpha value is -3.64. The van der Waals surface area contributed by atoms with Crippen molar-refractivity contribution in [3.63, 3.8) is 0 Å². The summed E-state index contributed by atoms with van der Waals surface area (Å²) < 4.78 is 21.9. The van der Waals surface area contributed by atoms with Gasteiger partial charge in [-0.15, -0.1) is 0 Å². The second kappa shape index (κ2) is 9.92. The number of hydrogen-bond donors (Lipinski definition) is 5. The molecule has 1 fully saturated rings. The lowest BCUT2D eigenvalue weighted by Crippen LogP contribution is -2.61. The van der Waals surface area contributed by atoms with Gasteiger partial charge in [-0.3, -0.25) is 9.59 Å². The molecule has 1 aromatic heterocycles. The molecule has 5 atom stereocenters. The van der Waals surface area contributed by atoms with Crippen LogP contribution in [0.15, 0.2) is 51.7 Å². The lowest BCUT2D eigenvalue weighted by atomic mass is 9.95. The number of ether oxygens (including phenoxy) is 3. The molecule has 11 heteroatoms. The summed E-state index contributed by atoms with van der Waals surface area (Å²) in [6.07, 6.45) is -6.50. The van der Waals surface area contributed by atoms with Crippen molar-refractivity contribution in [1.82, 2.24) is 0 Å². The van der Waals surface area contributed by atoms with Crippen molar-refractivity contribution in [3.05, 3.63) is 52.7 Å². The smallest absolute Gasteiger partial charge is 0.303 e. The Labute approximate surface area is 198 Å². The number of benzene rings is 2. The molecule has 5 N–H and O–H groups in total. The van der Waals surface area contributed by atoms with Gasteiger partial charge in [0.2, 0.25) is 0 Å². The zero-order chi connectivity index (χ0) is 25.3. The van der Waals surface area contributed by atoms with Crippen molar-refractivity contribution in [3.8, 4) is 28.6 Å². The van der Waals surface area contributed by atoms with Gasteiger partial charge in [0.25, 0.3) is 0 Å². The first kappa shape index (κ1) is 24.5. The molecular weight excluding hydrogens is 464 g/mol. The van der Waals surface area contributed by atoms with Gasteiger partial charge in [-0.25, -0.2) is 0 Å². The topological polar surface area (TPSA) is 176 Å². The highest BCUT2D eigenvalue weighted by molar-refractivity contribution is 5.86. The normalized spacial score (nSPS) is 24.3. The molecule has 0 amide bonds. The molecule has 4 rings (SSSR count). The van der Waals surface area contributed by atoms with Crippen LogP contribution in [0.2, 0.25) is 0 Å². The van der Waals surface area contributed by atoms with E-state index in [1.54, 1.807) is 12.1 Å². The van der Waals surface area contributed by atoms with Gasteiger partial charge in [-0.05, 0) is 24.3 Å². The first-order chi connectivity index (χ1) is 16.7. The molecule has 1 aliphatic heterocycles. The van der Waals surface area contributed by atoms with E-state index in [1.165, 1.54) is 30.3 Å². The zero-order valence-electron chi connectivity index (χ0n) is 18.5. The molecule has 3 aromatic rings. The number of aliphatic hydroxyl groups excluding tert-OH is 3. The highest BCUT2D eigenvalue weighted by atomic mass is 16.6. The average molecular weight is 488 g/mol. The number of aliphatic hydroxyl groups is 3. The Morgan fingerprint density at radius 3 is 2.37 bits per heavy atom. The average Bonchev–Trinajstić information content (AvgIpc) is 2.81. The minimum atomic E-state index is -1.47. The summed E-state index contributed by atoms with van der Waals surface area (Å²) in [6.45, 7) is 0.214. The third kappa shape index (κ3) is 5.08. The number of phenolic OH excluding ortho intramolecular Hbond substituents is 2. The fourth-order valence-corrected chi connectivity index (χ4v) is 3.90. The van der Waals surface area contributed by atoms with Crippen LogP contribution < -0.4 is 10.2 Å². The third-order valence-electron chi connectivity index (χ3n) is 5.62. The predicted molar refractivity (Wildman–Crippen MR) is 120 cm³/mol. The molecule has 0 bridgehead atoms. The van der Waals surface area contributed by atoms with Crippen molar-refractivity contribution in [2.75, 3.05) is 13.2 Å². The lowest BCUT2D eigenvalue weighted by molar-refractivity contribution is -0.242. The second-order valence-electron chi connectivity index (χ2n) is 8.10. The first-order valence-electron chi connectivity index (χ1n) is 10.7. The SMILES string of the molecule is CC(=O)O[C@@H]1[C@@H](O)[C@H](COc2cc(O)c3c(=O)cc(-c4ccc(O)cc4)oc3c2)O[C@H](CO)[C@H]1O. The van der Waals surface area contributed by atoms with Crippen molar-refractivity contribution in [2.24, 2.45) is 0 Å². The number of rotatable bonds is 6. The van der Waals surface area contributed by atoms with Crippen LogP contribution in [-0.2, 0) is 14.3 Å². The van der Waals surface area contributed by atoms with Crippen LogP contribution >= 0.6 is 0 Å². The number of carbonyl (C=O) groups excluding carboxylic acids is 1. The Morgan fingerprint density at radius 2 is 1.71 bits per heavy atom. The van der Waals surface area contributed by atoms with Gasteiger partial charge in [-0.1, -0.05) is 0 Å². The van der Waals surface area contributed by atoms with Gasteiger partial charge in [0.1, 0.15) is 65.0 Å². The third-order valence-corrected chi connectivity index (χ3v) is 5.62. The summed E-state index contributed by atoms with van der Waals surface area (Å²) in [7, 11) is 0. The highest BCUT2D eigenvalue weighted by Crippen LogP contribution is 2.32.